The molecular weight excluding hydrogens is 536 g/mol. The SMILES string of the molecule is O=C(O[C@@H]1[C@H](O)[C@H](O)[C@H](CO)O[C@@H]1c1c(O)cc(O)c(C(=O)c2ccc(O)cc2)c1O)c1cc(O)c(O)c(O)c1. The first kappa shape index (κ1) is 28.3. The highest BCUT2D eigenvalue weighted by atomic mass is 16.6. The molecule has 40 heavy (non-hydrogen) atoms. The van der Waals surface area contributed by atoms with Crippen molar-refractivity contribution in [1.29, 1.82) is 0 Å². The largest absolute Gasteiger partial charge is 0.508 e. The van der Waals surface area contributed by atoms with Gasteiger partial charge in [-0.05, 0) is 36.4 Å². The lowest BCUT2D eigenvalue weighted by Gasteiger charge is -2.42. The molecule has 0 amide bonds. The Labute approximate surface area is 224 Å². The minimum absolute atomic E-state index is 0.0942. The molecule has 0 radical (unpaired) electrons. The van der Waals surface area contributed by atoms with Crippen molar-refractivity contribution in [2.75, 3.05) is 6.61 Å². The van der Waals surface area contributed by atoms with Gasteiger partial charge < -0.3 is 60.5 Å². The van der Waals surface area contributed by atoms with Crippen LogP contribution in [0.4, 0.5) is 0 Å². The van der Waals surface area contributed by atoms with Crippen molar-refractivity contribution in [2.45, 2.75) is 30.5 Å². The van der Waals surface area contributed by atoms with E-state index < -0.39 is 100 Å². The molecule has 0 aromatic heterocycles. The van der Waals surface area contributed by atoms with Gasteiger partial charge in [-0.25, -0.2) is 4.79 Å². The van der Waals surface area contributed by atoms with Gasteiger partial charge >= 0.3 is 5.97 Å². The van der Waals surface area contributed by atoms with Crippen molar-refractivity contribution in [3.05, 3.63) is 64.7 Å². The maximum absolute atomic E-state index is 13.1. The summed E-state index contributed by atoms with van der Waals surface area (Å²) < 4.78 is 10.8. The third-order valence-corrected chi connectivity index (χ3v) is 6.35. The third-order valence-electron chi connectivity index (χ3n) is 6.35. The van der Waals surface area contributed by atoms with Gasteiger partial charge in [0.15, 0.2) is 23.4 Å². The molecule has 1 aliphatic heterocycles. The molecule has 3 aromatic carbocycles. The topological polar surface area (TPSA) is 255 Å². The monoisotopic (exact) mass is 560 g/mol. The highest BCUT2D eigenvalue weighted by molar-refractivity contribution is 6.13. The summed E-state index contributed by atoms with van der Waals surface area (Å²) in [4.78, 5) is 26.0. The van der Waals surface area contributed by atoms with E-state index in [-0.39, 0.29) is 11.3 Å². The second-order valence-corrected chi connectivity index (χ2v) is 8.92. The van der Waals surface area contributed by atoms with E-state index in [1.165, 1.54) is 24.3 Å². The first-order valence-electron chi connectivity index (χ1n) is 11.6. The van der Waals surface area contributed by atoms with Gasteiger partial charge in [0.05, 0.1) is 17.7 Å². The van der Waals surface area contributed by atoms with Crippen LogP contribution < -0.4 is 0 Å². The summed E-state index contributed by atoms with van der Waals surface area (Å²) in [6.45, 7) is -0.881. The molecule has 4 rings (SSSR count). The molecular formula is C26H24O14. The van der Waals surface area contributed by atoms with Crippen molar-refractivity contribution in [3.63, 3.8) is 0 Å². The standard InChI is InChI=1S/C26H24O14/c27-8-16-21(35)23(37)25(40-26(38)10-5-14(31)20(34)15(32)6-10)24(39-16)18-13(30)7-12(29)17(22(18)36)19(33)9-1-3-11(28)4-2-9/h1-7,16,21,23-25,27-32,34-37H,8H2/t16-,21+,23+,24+,25+/m0/s1. The molecule has 0 aliphatic carbocycles. The molecule has 0 bridgehead atoms. The molecule has 0 unspecified atom stereocenters. The number of ketones is 1. The molecule has 212 valence electrons. The maximum Gasteiger partial charge on any atom is 0.338 e. The van der Waals surface area contributed by atoms with Crippen LogP contribution in [0.25, 0.3) is 0 Å². The lowest BCUT2D eigenvalue weighted by molar-refractivity contribution is -0.232. The fraction of sp³-hybridized carbons (Fsp3) is 0.231. The Kier molecular flexibility index (Phi) is 7.61. The van der Waals surface area contributed by atoms with Gasteiger partial charge in [0.1, 0.15) is 53.0 Å². The summed E-state index contributed by atoms with van der Waals surface area (Å²) in [6.07, 6.45) is -9.25. The summed E-state index contributed by atoms with van der Waals surface area (Å²) in [6, 6.07) is 6.84. The molecule has 10 N–H and O–H groups in total. The zero-order chi connectivity index (χ0) is 29.5. The Bertz CT molecular complexity index is 1430. The molecule has 0 saturated carbocycles. The Morgan fingerprint density at radius 2 is 1.35 bits per heavy atom. The van der Waals surface area contributed by atoms with Crippen LogP contribution in [0, 0.1) is 0 Å². The van der Waals surface area contributed by atoms with Gasteiger partial charge in [-0.1, -0.05) is 0 Å². The number of aromatic hydroxyl groups is 7. The van der Waals surface area contributed by atoms with Crippen LogP contribution in [0.1, 0.15) is 37.9 Å². The van der Waals surface area contributed by atoms with Gasteiger partial charge in [-0.2, -0.15) is 0 Å². The van der Waals surface area contributed by atoms with Gasteiger partial charge in [0, 0.05) is 11.6 Å². The van der Waals surface area contributed by atoms with Crippen LogP contribution in [0.5, 0.6) is 40.2 Å². The molecule has 1 aliphatic rings. The molecule has 14 heteroatoms. The summed E-state index contributed by atoms with van der Waals surface area (Å²) >= 11 is 0. The number of esters is 1. The lowest BCUT2D eigenvalue weighted by atomic mass is 9.88. The van der Waals surface area contributed by atoms with Crippen LogP contribution in [-0.2, 0) is 9.47 Å². The summed E-state index contributed by atoms with van der Waals surface area (Å²) in [5.74, 6) is -7.99. The van der Waals surface area contributed by atoms with E-state index in [9.17, 15) is 60.7 Å². The van der Waals surface area contributed by atoms with Crippen LogP contribution in [0.2, 0.25) is 0 Å². The fourth-order valence-electron chi connectivity index (χ4n) is 4.29. The number of aliphatic hydroxyl groups is 3. The number of ether oxygens (including phenoxy) is 2. The number of carbonyl (C=O) groups is 2. The van der Waals surface area contributed by atoms with Crippen molar-refractivity contribution >= 4 is 11.8 Å². The van der Waals surface area contributed by atoms with Gasteiger partial charge in [-0.15, -0.1) is 0 Å². The minimum Gasteiger partial charge on any atom is -0.508 e. The zero-order valence-electron chi connectivity index (χ0n) is 20.2. The second kappa shape index (κ2) is 10.8. The van der Waals surface area contributed by atoms with E-state index in [4.69, 9.17) is 9.47 Å². The molecule has 1 heterocycles. The quantitative estimate of drug-likeness (QED) is 0.110. The van der Waals surface area contributed by atoms with Crippen molar-refractivity contribution in [2.24, 2.45) is 0 Å². The van der Waals surface area contributed by atoms with E-state index in [1.54, 1.807) is 0 Å². The number of phenols is 7. The number of benzene rings is 3. The normalized spacial score (nSPS) is 22.5. The molecule has 1 saturated heterocycles. The zero-order valence-corrected chi connectivity index (χ0v) is 20.2. The highest BCUT2D eigenvalue weighted by Crippen LogP contribution is 2.47. The molecule has 5 atom stereocenters. The minimum atomic E-state index is -2.02. The molecule has 0 spiro atoms. The average molecular weight is 560 g/mol. The average Bonchev–Trinajstić information content (AvgIpc) is 2.90. The highest BCUT2D eigenvalue weighted by Gasteiger charge is 2.49. The lowest BCUT2D eigenvalue weighted by Crippen LogP contribution is -2.56. The van der Waals surface area contributed by atoms with Gasteiger partial charge in [0.2, 0.25) is 5.78 Å². The predicted octanol–water partition coefficient (Wildman–Crippen LogP) is 0.236. The number of phenolic OH excluding ortho intramolecular Hbond substituents is 7. The molecule has 3 aromatic rings. The molecule has 14 nitrogen and oxygen atoms in total. The maximum atomic E-state index is 13.1. The van der Waals surface area contributed by atoms with Gasteiger partial charge in [-0.3, -0.25) is 4.79 Å². The van der Waals surface area contributed by atoms with Crippen LogP contribution in [-0.4, -0.2) is 93.8 Å². The number of carbonyl (C=O) groups excluding carboxylic acids is 2. The van der Waals surface area contributed by atoms with Crippen LogP contribution in [0.15, 0.2) is 42.5 Å². The Hall–Kier alpha value is -4.76. The van der Waals surface area contributed by atoms with Crippen molar-refractivity contribution in [3.8, 4) is 40.2 Å². The van der Waals surface area contributed by atoms with E-state index >= 15 is 0 Å². The van der Waals surface area contributed by atoms with E-state index in [1.807, 2.05) is 0 Å². The molecule has 1 fully saturated rings. The van der Waals surface area contributed by atoms with Crippen LogP contribution >= 0.6 is 0 Å². The number of hydrogen-bond donors (Lipinski definition) is 10. The predicted molar refractivity (Wildman–Crippen MR) is 130 cm³/mol. The number of aliphatic hydroxyl groups excluding tert-OH is 3. The van der Waals surface area contributed by atoms with Crippen molar-refractivity contribution in [1.82, 2.24) is 0 Å². The third kappa shape index (κ3) is 4.99. The summed E-state index contributed by atoms with van der Waals surface area (Å²) in [5, 5.41) is 101. The second-order valence-electron chi connectivity index (χ2n) is 8.92. The fourth-order valence-corrected chi connectivity index (χ4v) is 4.29. The first-order valence-corrected chi connectivity index (χ1v) is 11.6. The Morgan fingerprint density at radius 1 is 0.750 bits per heavy atom. The van der Waals surface area contributed by atoms with Crippen LogP contribution in [0.3, 0.4) is 0 Å². The summed E-state index contributed by atoms with van der Waals surface area (Å²) in [5.41, 5.74) is -2.02. The van der Waals surface area contributed by atoms with E-state index in [2.05, 4.69) is 0 Å². The van der Waals surface area contributed by atoms with Crippen molar-refractivity contribution < 1.29 is 70.1 Å². The number of rotatable bonds is 6. The smallest absolute Gasteiger partial charge is 0.338 e. The number of hydrogen-bond acceptors (Lipinski definition) is 14. The Morgan fingerprint density at radius 3 is 1.93 bits per heavy atom. The summed E-state index contributed by atoms with van der Waals surface area (Å²) in [7, 11) is 0. The van der Waals surface area contributed by atoms with E-state index in [0.29, 0.717) is 6.07 Å². The first-order chi connectivity index (χ1) is 18.8. The van der Waals surface area contributed by atoms with E-state index in [0.717, 1.165) is 12.1 Å². The Balaban J connectivity index is 1.80. The van der Waals surface area contributed by atoms with Gasteiger partial charge in [0.25, 0.3) is 0 Å².